The van der Waals surface area contributed by atoms with Crippen LogP contribution in [0.4, 0.5) is 0 Å². The second kappa shape index (κ2) is 10.9. The van der Waals surface area contributed by atoms with Crippen LogP contribution in [-0.4, -0.2) is 41.8 Å². The molecule has 0 unspecified atom stereocenters. The van der Waals surface area contributed by atoms with Gasteiger partial charge in [-0.15, -0.1) is 0 Å². The Labute approximate surface area is 154 Å². The Bertz CT molecular complexity index is 696. The van der Waals surface area contributed by atoms with Crippen molar-refractivity contribution in [2.45, 2.75) is 32.9 Å². The van der Waals surface area contributed by atoms with Crippen LogP contribution < -0.4 is 16.0 Å². The molecule has 7 nitrogen and oxygen atoms in total. The molecular formula is C19H28N6O. The average Bonchev–Trinajstić information content (AvgIpc) is 3.17. The van der Waals surface area contributed by atoms with Crippen molar-refractivity contribution in [2.24, 2.45) is 4.99 Å². The summed E-state index contributed by atoms with van der Waals surface area (Å²) in [6.45, 7) is 4.69. The van der Waals surface area contributed by atoms with E-state index in [0.29, 0.717) is 25.5 Å². The van der Waals surface area contributed by atoms with Crippen LogP contribution in [0, 0.1) is 0 Å². The highest BCUT2D eigenvalue weighted by atomic mass is 16.1. The normalized spacial score (nSPS) is 11.2. The van der Waals surface area contributed by atoms with Gasteiger partial charge in [0.25, 0.3) is 0 Å². The number of nitrogens with one attached hydrogen (secondary N) is 3. The van der Waals surface area contributed by atoms with Crippen LogP contribution in [0.15, 0.2) is 47.7 Å². The summed E-state index contributed by atoms with van der Waals surface area (Å²) in [5.41, 5.74) is 2.39. The highest BCUT2D eigenvalue weighted by Crippen LogP contribution is 2.10. The minimum Gasteiger partial charge on any atom is -0.356 e. The molecule has 0 atom stereocenters. The van der Waals surface area contributed by atoms with Gasteiger partial charge in [-0.05, 0) is 23.6 Å². The zero-order chi connectivity index (χ0) is 18.6. The number of rotatable bonds is 9. The Kier molecular flexibility index (Phi) is 8.18. The number of nitrogens with zero attached hydrogens (tertiary/aromatic N) is 3. The smallest absolute Gasteiger partial charge is 0.221 e. The highest BCUT2D eigenvalue weighted by molar-refractivity contribution is 5.81. The fourth-order valence-electron chi connectivity index (χ4n) is 2.50. The summed E-state index contributed by atoms with van der Waals surface area (Å²) in [5, 5.41) is 13.6. The second-order valence-corrected chi connectivity index (χ2v) is 5.92. The monoisotopic (exact) mass is 356 g/mol. The maximum absolute atomic E-state index is 11.6. The first-order chi connectivity index (χ1) is 12.7. The third-order valence-corrected chi connectivity index (χ3v) is 3.90. The predicted octanol–water partition coefficient (Wildman–Crippen LogP) is 1.51. The van der Waals surface area contributed by atoms with Crippen LogP contribution in [0.25, 0.3) is 0 Å². The first kappa shape index (κ1) is 19.5. The molecule has 0 aliphatic heterocycles. The lowest BCUT2D eigenvalue weighted by molar-refractivity contribution is -0.120. The molecule has 1 aromatic carbocycles. The molecule has 0 fully saturated rings. The minimum atomic E-state index is 0.0550. The van der Waals surface area contributed by atoms with Gasteiger partial charge in [0.15, 0.2) is 5.96 Å². The molecule has 7 heteroatoms. The molecule has 0 saturated carbocycles. The summed E-state index contributed by atoms with van der Waals surface area (Å²) in [6, 6.07) is 10.2. The molecular weight excluding hydrogens is 328 g/mol. The van der Waals surface area contributed by atoms with Gasteiger partial charge in [-0.1, -0.05) is 31.2 Å². The Morgan fingerprint density at radius 1 is 1.12 bits per heavy atom. The van der Waals surface area contributed by atoms with Crippen molar-refractivity contribution in [3.63, 3.8) is 0 Å². The lowest BCUT2D eigenvalue weighted by atomic mass is 10.1. The van der Waals surface area contributed by atoms with E-state index in [1.807, 2.05) is 36.0 Å². The molecule has 0 spiro atoms. The number of hydrogen-bond donors (Lipinski definition) is 3. The number of guanidine groups is 1. The Morgan fingerprint density at radius 2 is 1.92 bits per heavy atom. The number of amides is 1. The summed E-state index contributed by atoms with van der Waals surface area (Å²) in [7, 11) is 1.72. The number of aromatic nitrogens is 2. The van der Waals surface area contributed by atoms with Crippen LogP contribution in [0.5, 0.6) is 0 Å². The second-order valence-electron chi connectivity index (χ2n) is 5.92. The summed E-state index contributed by atoms with van der Waals surface area (Å²) < 4.78 is 1.90. The van der Waals surface area contributed by atoms with Gasteiger partial charge in [-0.2, -0.15) is 5.10 Å². The Hall–Kier alpha value is -2.83. The molecule has 1 amide bonds. The van der Waals surface area contributed by atoms with Crippen molar-refractivity contribution in [1.82, 2.24) is 25.7 Å². The van der Waals surface area contributed by atoms with Crippen molar-refractivity contribution < 1.29 is 4.79 Å². The molecule has 2 aromatic rings. The molecule has 3 N–H and O–H groups in total. The van der Waals surface area contributed by atoms with E-state index in [-0.39, 0.29) is 5.91 Å². The van der Waals surface area contributed by atoms with Crippen LogP contribution in [0.2, 0.25) is 0 Å². The fourth-order valence-corrected chi connectivity index (χ4v) is 2.50. The quantitative estimate of drug-likeness (QED) is 0.470. The van der Waals surface area contributed by atoms with E-state index in [1.54, 1.807) is 13.2 Å². The molecule has 0 bridgehead atoms. The molecule has 1 aromatic heterocycles. The van der Waals surface area contributed by atoms with E-state index in [9.17, 15) is 4.79 Å². The lowest BCUT2D eigenvalue weighted by Gasteiger charge is -2.14. The van der Waals surface area contributed by atoms with Gasteiger partial charge in [0.2, 0.25) is 5.91 Å². The van der Waals surface area contributed by atoms with Gasteiger partial charge in [0, 0.05) is 45.5 Å². The van der Waals surface area contributed by atoms with Gasteiger partial charge in [0.05, 0.1) is 6.54 Å². The van der Waals surface area contributed by atoms with Gasteiger partial charge in [0.1, 0.15) is 0 Å². The zero-order valence-corrected chi connectivity index (χ0v) is 15.5. The molecule has 0 aliphatic rings. The molecule has 26 heavy (non-hydrogen) atoms. The summed E-state index contributed by atoms with van der Waals surface area (Å²) in [6.07, 6.45) is 5.11. The van der Waals surface area contributed by atoms with Crippen LogP contribution >= 0.6 is 0 Å². The summed E-state index contributed by atoms with van der Waals surface area (Å²) in [5.74, 6) is 0.738. The number of carbonyl (C=O) groups excluding carboxylic acids is 1. The van der Waals surface area contributed by atoms with E-state index in [2.05, 4.69) is 38.2 Å². The van der Waals surface area contributed by atoms with Gasteiger partial charge >= 0.3 is 0 Å². The van der Waals surface area contributed by atoms with E-state index >= 15 is 0 Å². The van der Waals surface area contributed by atoms with E-state index in [4.69, 9.17) is 0 Å². The number of carbonyl (C=O) groups is 1. The predicted molar refractivity (Wildman–Crippen MR) is 104 cm³/mol. The lowest BCUT2D eigenvalue weighted by Crippen LogP contribution is -2.39. The largest absolute Gasteiger partial charge is 0.356 e. The van der Waals surface area contributed by atoms with Crippen molar-refractivity contribution in [2.75, 3.05) is 20.1 Å². The SMILES string of the molecule is CCCNC(=O)CCNC(=NC)NCc1ccccc1Cn1cccn1. The molecule has 0 saturated heterocycles. The molecule has 140 valence electrons. The van der Waals surface area contributed by atoms with E-state index in [0.717, 1.165) is 19.5 Å². The molecule has 2 rings (SSSR count). The Balaban J connectivity index is 1.82. The first-order valence-electron chi connectivity index (χ1n) is 8.98. The van der Waals surface area contributed by atoms with Gasteiger partial charge in [-0.25, -0.2) is 0 Å². The summed E-state index contributed by atoms with van der Waals surface area (Å²) in [4.78, 5) is 15.8. The zero-order valence-electron chi connectivity index (χ0n) is 15.5. The number of benzene rings is 1. The van der Waals surface area contributed by atoms with Crippen molar-refractivity contribution in [1.29, 1.82) is 0 Å². The summed E-state index contributed by atoms with van der Waals surface area (Å²) >= 11 is 0. The maximum Gasteiger partial charge on any atom is 0.221 e. The van der Waals surface area contributed by atoms with Crippen LogP contribution in [-0.2, 0) is 17.9 Å². The van der Waals surface area contributed by atoms with Crippen molar-refractivity contribution in [3.8, 4) is 0 Å². The molecule has 1 heterocycles. The van der Waals surface area contributed by atoms with E-state index < -0.39 is 0 Å². The molecule has 0 aliphatic carbocycles. The standard InChI is InChI=1S/C19H28N6O/c1-3-10-21-18(26)9-12-22-19(20-2)23-14-16-7-4-5-8-17(16)15-25-13-6-11-24-25/h4-8,11,13H,3,9-10,12,14-15H2,1-2H3,(H,21,26)(H2,20,22,23). The number of aliphatic imine (C=N–C) groups is 1. The first-order valence-corrected chi connectivity index (χ1v) is 8.98. The van der Waals surface area contributed by atoms with Gasteiger partial charge in [-0.3, -0.25) is 14.5 Å². The van der Waals surface area contributed by atoms with E-state index in [1.165, 1.54) is 11.1 Å². The third-order valence-electron chi connectivity index (χ3n) is 3.90. The fraction of sp³-hybridized carbons (Fsp3) is 0.421. The minimum absolute atomic E-state index is 0.0550. The van der Waals surface area contributed by atoms with Crippen LogP contribution in [0.1, 0.15) is 30.9 Å². The maximum atomic E-state index is 11.6. The topological polar surface area (TPSA) is 83.3 Å². The molecule has 0 radical (unpaired) electrons. The average molecular weight is 356 g/mol. The van der Waals surface area contributed by atoms with Gasteiger partial charge < -0.3 is 16.0 Å². The number of hydrogen-bond acceptors (Lipinski definition) is 3. The van der Waals surface area contributed by atoms with Crippen molar-refractivity contribution in [3.05, 3.63) is 53.9 Å². The highest BCUT2D eigenvalue weighted by Gasteiger charge is 2.05. The van der Waals surface area contributed by atoms with Crippen LogP contribution in [0.3, 0.4) is 0 Å². The van der Waals surface area contributed by atoms with Crippen molar-refractivity contribution >= 4 is 11.9 Å². The Morgan fingerprint density at radius 3 is 2.62 bits per heavy atom. The third kappa shape index (κ3) is 6.58.